The minimum atomic E-state index is -0.641. The summed E-state index contributed by atoms with van der Waals surface area (Å²) < 4.78 is 0. The molecule has 0 N–H and O–H groups in total. The fourth-order valence-corrected chi connectivity index (χ4v) is 0.473. The van der Waals surface area contributed by atoms with E-state index in [0.717, 1.165) is 5.06 Å². The van der Waals surface area contributed by atoms with Gasteiger partial charge in [0.15, 0.2) is 0 Å². The van der Waals surface area contributed by atoms with Crippen molar-refractivity contribution in [2.24, 2.45) is 0 Å². The zero-order valence-electron chi connectivity index (χ0n) is 5.13. The summed E-state index contributed by atoms with van der Waals surface area (Å²) in [4.78, 5) is 14.8. The third-order valence-corrected chi connectivity index (χ3v) is 0.900. The van der Waals surface area contributed by atoms with Crippen LogP contribution in [0.15, 0.2) is 12.7 Å². The molecule has 0 atom stereocenters. The lowest BCUT2D eigenvalue weighted by molar-refractivity contribution is -0.0682. The highest BCUT2D eigenvalue weighted by Crippen LogP contribution is 1.94. The van der Waals surface area contributed by atoms with Crippen molar-refractivity contribution in [3.05, 3.63) is 12.7 Å². The third-order valence-electron chi connectivity index (χ3n) is 0.711. The Balaban J connectivity index is 3.67. The number of carbonyl (C=O) groups excluding carboxylic acids is 1. The summed E-state index contributed by atoms with van der Waals surface area (Å²) in [7, 11) is 1.36. The maximum atomic E-state index is 10.3. The first-order valence-corrected chi connectivity index (χ1v) is 2.72. The van der Waals surface area contributed by atoms with Crippen molar-refractivity contribution in [3.63, 3.8) is 0 Å². The highest BCUT2D eigenvalue weighted by atomic mass is 35.5. The molecule has 0 unspecified atom stereocenters. The van der Waals surface area contributed by atoms with E-state index < -0.39 is 5.37 Å². The van der Waals surface area contributed by atoms with E-state index in [0.29, 0.717) is 6.54 Å². The molecule has 0 aliphatic heterocycles. The zero-order valence-corrected chi connectivity index (χ0v) is 5.89. The SMILES string of the molecule is C=CCN(OC)C(=O)Cl. The number of nitrogens with zero attached hydrogens (tertiary/aromatic N) is 1. The summed E-state index contributed by atoms with van der Waals surface area (Å²) in [6.45, 7) is 3.70. The van der Waals surface area contributed by atoms with Crippen LogP contribution >= 0.6 is 11.6 Å². The number of rotatable bonds is 3. The lowest BCUT2D eigenvalue weighted by Gasteiger charge is -2.12. The predicted octanol–water partition coefficient (Wildman–Crippen LogP) is 1.39. The van der Waals surface area contributed by atoms with Gasteiger partial charge in [0.05, 0.1) is 13.7 Å². The molecule has 0 spiro atoms. The molecule has 0 saturated carbocycles. The summed E-state index contributed by atoms with van der Waals surface area (Å²) in [5.74, 6) is 0. The highest BCUT2D eigenvalue weighted by Gasteiger charge is 2.05. The Hall–Kier alpha value is -0.540. The first kappa shape index (κ1) is 8.46. The van der Waals surface area contributed by atoms with E-state index in [-0.39, 0.29) is 0 Å². The average molecular weight is 150 g/mol. The molecule has 0 radical (unpaired) electrons. The Labute approximate surface area is 58.8 Å². The number of hydroxylamine groups is 2. The van der Waals surface area contributed by atoms with Crippen molar-refractivity contribution < 1.29 is 9.63 Å². The highest BCUT2D eigenvalue weighted by molar-refractivity contribution is 6.62. The molecule has 0 aromatic heterocycles. The predicted molar refractivity (Wildman–Crippen MR) is 35.2 cm³/mol. The van der Waals surface area contributed by atoms with Crippen molar-refractivity contribution in [1.82, 2.24) is 5.06 Å². The van der Waals surface area contributed by atoms with Gasteiger partial charge in [-0.1, -0.05) is 6.08 Å². The summed E-state index contributed by atoms with van der Waals surface area (Å²) in [5.41, 5.74) is 0. The van der Waals surface area contributed by atoms with Crippen LogP contribution in [0.5, 0.6) is 0 Å². The van der Waals surface area contributed by atoms with Crippen LogP contribution in [0, 0.1) is 0 Å². The van der Waals surface area contributed by atoms with Gasteiger partial charge < -0.3 is 0 Å². The molecular weight excluding hydrogens is 142 g/mol. The monoisotopic (exact) mass is 149 g/mol. The molecule has 4 heteroatoms. The largest absolute Gasteiger partial charge is 0.340 e. The van der Waals surface area contributed by atoms with E-state index in [4.69, 9.17) is 11.6 Å². The number of carbonyl (C=O) groups is 1. The van der Waals surface area contributed by atoms with Crippen LogP contribution in [0.1, 0.15) is 0 Å². The van der Waals surface area contributed by atoms with E-state index in [1.807, 2.05) is 0 Å². The van der Waals surface area contributed by atoms with Crippen molar-refractivity contribution in [3.8, 4) is 0 Å². The van der Waals surface area contributed by atoms with E-state index in [9.17, 15) is 4.79 Å². The lowest BCUT2D eigenvalue weighted by Crippen LogP contribution is -2.24. The van der Waals surface area contributed by atoms with Gasteiger partial charge in [-0.05, 0) is 11.6 Å². The fourth-order valence-electron chi connectivity index (χ4n) is 0.335. The molecule has 0 saturated heterocycles. The van der Waals surface area contributed by atoms with Gasteiger partial charge in [0, 0.05) is 0 Å². The molecule has 0 aromatic carbocycles. The molecule has 0 heterocycles. The smallest absolute Gasteiger partial charge is 0.273 e. The van der Waals surface area contributed by atoms with Gasteiger partial charge in [0.1, 0.15) is 0 Å². The van der Waals surface area contributed by atoms with Gasteiger partial charge in [0.25, 0.3) is 0 Å². The number of amides is 1. The molecule has 0 rings (SSSR count). The van der Waals surface area contributed by atoms with E-state index in [2.05, 4.69) is 11.4 Å². The topological polar surface area (TPSA) is 29.5 Å². The molecule has 3 nitrogen and oxygen atoms in total. The zero-order chi connectivity index (χ0) is 7.28. The van der Waals surface area contributed by atoms with Gasteiger partial charge >= 0.3 is 5.37 Å². The standard InChI is InChI=1S/C5H8ClNO2/c1-3-4-7(9-2)5(6)8/h3H,1,4H2,2H3. The van der Waals surface area contributed by atoms with Gasteiger partial charge in [-0.2, -0.15) is 0 Å². The molecular formula is C5H8ClNO2. The Kier molecular flexibility index (Phi) is 4.09. The van der Waals surface area contributed by atoms with Crippen LogP contribution < -0.4 is 0 Å². The second-order valence-electron chi connectivity index (χ2n) is 1.29. The minimum Gasteiger partial charge on any atom is -0.273 e. The maximum Gasteiger partial charge on any atom is 0.340 e. The van der Waals surface area contributed by atoms with E-state index in [1.165, 1.54) is 13.2 Å². The van der Waals surface area contributed by atoms with Crippen molar-refractivity contribution >= 4 is 17.0 Å². The Morgan fingerprint density at radius 3 is 2.67 bits per heavy atom. The van der Waals surface area contributed by atoms with Gasteiger partial charge in [-0.25, -0.2) is 5.06 Å². The van der Waals surface area contributed by atoms with Gasteiger partial charge in [0.2, 0.25) is 0 Å². The van der Waals surface area contributed by atoms with Crippen LogP contribution in [0.2, 0.25) is 0 Å². The van der Waals surface area contributed by atoms with Crippen LogP contribution in [0.4, 0.5) is 4.79 Å². The third kappa shape index (κ3) is 3.11. The molecule has 9 heavy (non-hydrogen) atoms. The molecule has 0 aliphatic carbocycles. The average Bonchev–Trinajstić information content (AvgIpc) is 1.82. The molecule has 1 amide bonds. The van der Waals surface area contributed by atoms with Gasteiger partial charge in [-0.3, -0.25) is 9.63 Å². The molecule has 0 bridgehead atoms. The quantitative estimate of drug-likeness (QED) is 0.263. The van der Waals surface area contributed by atoms with Crippen molar-refractivity contribution in [2.75, 3.05) is 13.7 Å². The van der Waals surface area contributed by atoms with Crippen LogP contribution in [-0.4, -0.2) is 24.1 Å². The minimum absolute atomic E-state index is 0.304. The maximum absolute atomic E-state index is 10.3. The Bertz CT molecular complexity index is 116. The normalized spacial score (nSPS) is 8.67. The fraction of sp³-hybridized carbons (Fsp3) is 0.400. The van der Waals surface area contributed by atoms with E-state index >= 15 is 0 Å². The summed E-state index contributed by atoms with van der Waals surface area (Å²) >= 11 is 5.04. The number of hydrogen-bond donors (Lipinski definition) is 0. The van der Waals surface area contributed by atoms with Crippen LogP contribution in [0.25, 0.3) is 0 Å². The molecule has 0 aliphatic rings. The van der Waals surface area contributed by atoms with Gasteiger partial charge in [-0.15, -0.1) is 6.58 Å². The van der Waals surface area contributed by atoms with Crippen molar-refractivity contribution in [2.45, 2.75) is 0 Å². The second kappa shape index (κ2) is 4.35. The Morgan fingerprint density at radius 1 is 2.00 bits per heavy atom. The molecule has 0 fully saturated rings. The molecule has 52 valence electrons. The summed E-state index contributed by atoms with van der Waals surface area (Å²) in [6.07, 6.45) is 1.52. The first-order chi connectivity index (χ1) is 4.22. The second-order valence-corrected chi connectivity index (χ2v) is 1.61. The summed E-state index contributed by atoms with van der Waals surface area (Å²) in [6, 6.07) is 0. The van der Waals surface area contributed by atoms with E-state index in [1.54, 1.807) is 0 Å². The molecule has 0 aromatic rings. The van der Waals surface area contributed by atoms with Crippen LogP contribution in [0.3, 0.4) is 0 Å². The summed E-state index contributed by atoms with van der Waals surface area (Å²) in [5, 5.41) is 0.339. The number of halogens is 1. The lowest BCUT2D eigenvalue weighted by atomic mass is 10.6. The Morgan fingerprint density at radius 2 is 2.56 bits per heavy atom. The first-order valence-electron chi connectivity index (χ1n) is 2.34. The van der Waals surface area contributed by atoms with Crippen LogP contribution in [-0.2, 0) is 4.84 Å². The number of hydrogen-bond acceptors (Lipinski definition) is 2. The van der Waals surface area contributed by atoms with Crippen molar-refractivity contribution in [1.29, 1.82) is 0 Å².